The van der Waals surface area contributed by atoms with E-state index < -0.39 is 11.4 Å². The standard InChI is InChI=1S/C15H24BrN3O2/c1-4-6-15(14(20)21)7-5-8-19(10-15)9-12-13(16)11(2)17-18(12)3/h4-10H2,1-3H3,(H,20,21). The second kappa shape index (κ2) is 6.48. The van der Waals surface area contributed by atoms with Gasteiger partial charge in [0.05, 0.1) is 21.3 Å². The van der Waals surface area contributed by atoms with Crippen LogP contribution < -0.4 is 0 Å². The first-order valence-electron chi connectivity index (χ1n) is 7.53. The van der Waals surface area contributed by atoms with Crippen LogP contribution >= 0.6 is 15.9 Å². The van der Waals surface area contributed by atoms with Crippen molar-refractivity contribution < 1.29 is 9.90 Å². The van der Waals surface area contributed by atoms with E-state index in [0.717, 1.165) is 54.6 Å². The number of carboxylic acid groups (broad SMARTS) is 1. The predicted molar refractivity (Wildman–Crippen MR) is 85.1 cm³/mol. The second-order valence-corrected chi connectivity index (χ2v) is 6.91. The molecule has 0 saturated carbocycles. The monoisotopic (exact) mass is 357 g/mol. The molecule has 1 fully saturated rings. The fraction of sp³-hybridized carbons (Fsp3) is 0.733. The second-order valence-electron chi connectivity index (χ2n) is 6.12. The smallest absolute Gasteiger partial charge is 0.310 e. The van der Waals surface area contributed by atoms with Gasteiger partial charge in [0.1, 0.15) is 0 Å². The van der Waals surface area contributed by atoms with Crippen LogP contribution in [0.2, 0.25) is 0 Å². The van der Waals surface area contributed by atoms with E-state index in [1.807, 2.05) is 18.7 Å². The molecule has 1 N–H and O–H groups in total. The van der Waals surface area contributed by atoms with Gasteiger partial charge in [-0.25, -0.2) is 0 Å². The average molecular weight is 358 g/mol. The summed E-state index contributed by atoms with van der Waals surface area (Å²) in [6.45, 7) is 6.37. The molecule has 2 rings (SSSR count). The molecule has 118 valence electrons. The van der Waals surface area contributed by atoms with E-state index in [4.69, 9.17) is 0 Å². The fourth-order valence-corrected chi connectivity index (χ4v) is 3.85. The molecule has 5 nitrogen and oxygen atoms in total. The quantitative estimate of drug-likeness (QED) is 0.879. The summed E-state index contributed by atoms with van der Waals surface area (Å²) >= 11 is 3.59. The lowest BCUT2D eigenvalue weighted by atomic mass is 9.76. The molecule has 0 spiro atoms. The molecule has 21 heavy (non-hydrogen) atoms. The van der Waals surface area contributed by atoms with Gasteiger partial charge in [-0.05, 0) is 48.7 Å². The van der Waals surface area contributed by atoms with Gasteiger partial charge in [0.15, 0.2) is 0 Å². The minimum atomic E-state index is -0.644. The van der Waals surface area contributed by atoms with Crippen molar-refractivity contribution in [2.45, 2.75) is 46.1 Å². The maximum atomic E-state index is 11.7. The van der Waals surface area contributed by atoms with Crippen molar-refractivity contribution in [3.8, 4) is 0 Å². The highest BCUT2D eigenvalue weighted by Gasteiger charge is 2.41. The molecule has 1 aliphatic heterocycles. The van der Waals surface area contributed by atoms with E-state index in [0.29, 0.717) is 6.54 Å². The highest BCUT2D eigenvalue weighted by Crippen LogP contribution is 2.36. The number of hydrogen-bond donors (Lipinski definition) is 1. The highest BCUT2D eigenvalue weighted by atomic mass is 79.9. The Morgan fingerprint density at radius 3 is 2.76 bits per heavy atom. The van der Waals surface area contributed by atoms with Crippen LogP contribution in [0.4, 0.5) is 0 Å². The summed E-state index contributed by atoms with van der Waals surface area (Å²) in [5.74, 6) is -0.644. The van der Waals surface area contributed by atoms with Crippen molar-refractivity contribution in [1.82, 2.24) is 14.7 Å². The lowest BCUT2D eigenvalue weighted by Gasteiger charge is -2.40. The molecular weight excluding hydrogens is 334 g/mol. The predicted octanol–water partition coefficient (Wildman–Crippen LogP) is 2.96. The fourth-order valence-electron chi connectivity index (χ4n) is 3.39. The summed E-state index contributed by atoms with van der Waals surface area (Å²) < 4.78 is 2.92. The van der Waals surface area contributed by atoms with Crippen molar-refractivity contribution in [2.24, 2.45) is 12.5 Å². The van der Waals surface area contributed by atoms with Gasteiger partial charge in [-0.1, -0.05) is 13.3 Å². The Hall–Kier alpha value is -0.880. The van der Waals surface area contributed by atoms with Crippen LogP contribution in [0.5, 0.6) is 0 Å². The number of aliphatic carboxylic acids is 1. The number of halogens is 1. The van der Waals surface area contributed by atoms with Crippen LogP contribution in [-0.4, -0.2) is 38.8 Å². The molecule has 1 atom stereocenters. The number of hydrogen-bond acceptors (Lipinski definition) is 3. The normalized spacial score (nSPS) is 23.4. The van der Waals surface area contributed by atoms with Gasteiger partial charge >= 0.3 is 5.97 Å². The molecule has 1 aliphatic rings. The summed E-state index contributed by atoms with van der Waals surface area (Å²) in [7, 11) is 1.94. The molecule has 2 heterocycles. The van der Waals surface area contributed by atoms with Crippen molar-refractivity contribution in [2.75, 3.05) is 13.1 Å². The summed E-state index contributed by atoms with van der Waals surface area (Å²) in [4.78, 5) is 14.0. The third kappa shape index (κ3) is 3.31. The Kier molecular flexibility index (Phi) is 5.09. The minimum absolute atomic E-state index is 0.576. The molecule has 6 heteroatoms. The number of piperidine rings is 1. The summed E-state index contributed by atoms with van der Waals surface area (Å²) in [6, 6.07) is 0. The number of rotatable bonds is 5. The zero-order valence-corrected chi connectivity index (χ0v) is 14.6. The Bertz CT molecular complexity index is 525. The van der Waals surface area contributed by atoms with Crippen molar-refractivity contribution in [1.29, 1.82) is 0 Å². The van der Waals surface area contributed by atoms with Crippen LogP contribution in [0.1, 0.15) is 44.0 Å². The van der Waals surface area contributed by atoms with E-state index >= 15 is 0 Å². The van der Waals surface area contributed by atoms with E-state index in [1.165, 1.54) is 0 Å². The Balaban J connectivity index is 2.16. The summed E-state index contributed by atoms with van der Waals surface area (Å²) in [5, 5.41) is 14.1. The van der Waals surface area contributed by atoms with E-state index in [9.17, 15) is 9.90 Å². The van der Waals surface area contributed by atoms with Gasteiger partial charge in [0, 0.05) is 20.1 Å². The first-order chi connectivity index (χ1) is 9.89. The Morgan fingerprint density at radius 2 is 2.24 bits per heavy atom. The number of aryl methyl sites for hydroxylation is 2. The van der Waals surface area contributed by atoms with Gasteiger partial charge in [0.2, 0.25) is 0 Å². The molecule has 1 aromatic rings. The molecule has 0 bridgehead atoms. The number of aromatic nitrogens is 2. The average Bonchev–Trinajstić information content (AvgIpc) is 2.66. The van der Waals surface area contributed by atoms with Gasteiger partial charge in [0.25, 0.3) is 0 Å². The molecule has 0 radical (unpaired) electrons. The molecular formula is C15H24BrN3O2. The maximum absolute atomic E-state index is 11.7. The molecule has 0 aromatic carbocycles. The molecule has 1 aromatic heterocycles. The SMILES string of the molecule is CCCC1(C(=O)O)CCCN(Cc2c(Br)c(C)nn2C)C1. The van der Waals surface area contributed by atoms with Gasteiger partial charge in [-0.2, -0.15) is 5.10 Å². The number of carboxylic acids is 1. The molecule has 1 unspecified atom stereocenters. The van der Waals surface area contributed by atoms with E-state index in [1.54, 1.807) is 0 Å². The number of likely N-dealkylation sites (tertiary alicyclic amines) is 1. The topological polar surface area (TPSA) is 58.4 Å². The molecule has 0 aliphatic carbocycles. The minimum Gasteiger partial charge on any atom is -0.481 e. The number of carbonyl (C=O) groups is 1. The van der Waals surface area contributed by atoms with Crippen LogP contribution in [-0.2, 0) is 18.4 Å². The van der Waals surface area contributed by atoms with Crippen LogP contribution in [0, 0.1) is 12.3 Å². The zero-order chi connectivity index (χ0) is 15.6. The van der Waals surface area contributed by atoms with E-state index in [2.05, 4.69) is 32.9 Å². The third-order valence-electron chi connectivity index (χ3n) is 4.47. The number of nitrogens with zero attached hydrogens (tertiary/aromatic N) is 3. The first kappa shape index (κ1) is 16.5. The molecule has 0 amide bonds. The van der Waals surface area contributed by atoms with Crippen LogP contribution in [0.3, 0.4) is 0 Å². The maximum Gasteiger partial charge on any atom is 0.310 e. The van der Waals surface area contributed by atoms with Crippen LogP contribution in [0.25, 0.3) is 0 Å². The Labute approximate surface area is 134 Å². The van der Waals surface area contributed by atoms with Crippen LogP contribution in [0.15, 0.2) is 4.47 Å². The summed E-state index contributed by atoms with van der Waals surface area (Å²) in [5.41, 5.74) is 1.51. The van der Waals surface area contributed by atoms with Crippen molar-refractivity contribution >= 4 is 21.9 Å². The largest absolute Gasteiger partial charge is 0.481 e. The Morgan fingerprint density at radius 1 is 1.52 bits per heavy atom. The zero-order valence-electron chi connectivity index (χ0n) is 13.0. The van der Waals surface area contributed by atoms with Gasteiger partial charge in [-0.3, -0.25) is 14.4 Å². The van der Waals surface area contributed by atoms with Gasteiger partial charge < -0.3 is 5.11 Å². The lowest BCUT2D eigenvalue weighted by Crippen LogP contribution is -2.47. The molecule has 1 saturated heterocycles. The third-order valence-corrected chi connectivity index (χ3v) is 5.50. The summed E-state index contributed by atoms with van der Waals surface area (Å²) in [6.07, 6.45) is 3.40. The van der Waals surface area contributed by atoms with Crippen molar-refractivity contribution in [3.05, 3.63) is 15.9 Å². The van der Waals surface area contributed by atoms with Crippen molar-refractivity contribution in [3.63, 3.8) is 0 Å². The first-order valence-corrected chi connectivity index (χ1v) is 8.32. The highest BCUT2D eigenvalue weighted by molar-refractivity contribution is 9.10. The van der Waals surface area contributed by atoms with E-state index in [-0.39, 0.29) is 0 Å². The van der Waals surface area contributed by atoms with Gasteiger partial charge in [-0.15, -0.1) is 0 Å². The lowest BCUT2D eigenvalue weighted by molar-refractivity contribution is -0.153.